The minimum absolute atomic E-state index is 0.194. The van der Waals surface area contributed by atoms with E-state index in [1.807, 2.05) is 12.3 Å². The molecule has 3 atom stereocenters. The SMILES string of the molecule is CSCCC(C(=O)Nc1cc(Cl)cc2cccnc12)N1C(=O)C2CCCCC2C1=O. The number of halogens is 1. The highest BCUT2D eigenvalue weighted by Gasteiger charge is 2.51. The molecule has 2 fully saturated rings. The number of amides is 3. The van der Waals surface area contributed by atoms with Gasteiger partial charge in [0.25, 0.3) is 0 Å². The molecule has 2 aromatic rings. The molecule has 2 aliphatic rings. The number of thioether (sulfide) groups is 1. The molecular weight excluding hydrogens is 422 g/mol. The van der Waals surface area contributed by atoms with Gasteiger partial charge in [0.15, 0.2) is 0 Å². The lowest BCUT2D eigenvalue weighted by Gasteiger charge is -2.26. The van der Waals surface area contributed by atoms with Crippen LogP contribution in [-0.2, 0) is 14.4 Å². The Bertz CT molecular complexity index is 975. The summed E-state index contributed by atoms with van der Waals surface area (Å²) in [7, 11) is 0. The number of benzene rings is 1. The van der Waals surface area contributed by atoms with Crippen LogP contribution in [-0.4, -0.2) is 45.7 Å². The Hall–Kier alpha value is -2.12. The summed E-state index contributed by atoms with van der Waals surface area (Å²) in [6.07, 6.45) is 7.37. The molecule has 3 amide bonds. The van der Waals surface area contributed by atoms with Crippen molar-refractivity contribution in [2.24, 2.45) is 11.8 Å². The van der Waals surface area contributed by atoms with Crippen LogP contribution in [0.5, 0.6) is 0 Å². The van der Waals surface area contributed by atoms with Crippen LogP contribution in [0.2, 0.25) is 5.02 Å². The molecule has 0 bridgehead atoms. The summed E-state index contributed by atoms with van der Waals surface area (Å²) in [6.45, 7) is 0. The van der Waals surface area contributed by atoms with Crippen LogP contribution < -0.4 is 5.32 Å². The zero-order chi connectivity index (χ0) is 21.3. The van der Waals surface area contributed by atoms with Crippen LogP contribution in [0.4, 0.5) is 5.69 Å². The monoisotopic (exact) mass is 445 g/mol. The van der Waals surface area contributed by atoms with E-state index in [1.165, 1.54) is 4.90 Å². The van der Waals surface area contributed by atoms with Gasteiger partial charge in [-0.2, -0.15) is 11.8 Å². The van der Waals surface area contributed by atoms with Crippen molar-refractivity contribution < 1.29 is 14.4 Å². The third-order valence-electron chi connectivity index (χ3n) is 6.01. The maximum Gasteiger partial charge on any atom is 0.247 e. The molecule has 1 saturated heterocycles. The first-order valence-electron chi connectivity index (χ1n) is 10.2. The van der Waals surface area contributed by atoms with E-state index in [4.69, 9.17) is 11.6 Å². The van der Waals surface area contributed by atoms with Gasteiger partial charge in [-0.15, -0.1) is 0 Å². The Labute approximate surface area is 184 Å². The van der Waals surface area contributed by atoms with E-state index in [1.54, 1.807) is 36.2 Å². The fourth-order valence-corrected chi connectivity index (χ4v) is 5.25. The first-order chi connectivity index (χ1) is 14.5. The van der Waals surface area contributed by atoms with Crippen molar-refractivity contribution in [3.05, 3.63) is 35.5 Å². The first-order valence-corrected chi connectivity index (χ1v) is 12.0. The predicted octanol–water partition coefficient (Wildman–Crippen LogP) is 4.12. The zero-order valence-corrected chi connectivity index (χ0v) is 18.3. The number of aromatic nitrogens is 1. The highest BCUT2D eigenvalue weighted by Crippen LogP contribution is 2.39. The van der Waals surface area contributed by atoms with Gasteiger partial charge in [0.05, 0.1) is 23.0 Å². The molecule has 158 valence electrons. The molecule has 1 aliphatic carbocycles. The summed E-state index contributed by atoms with van der Waals surface area (Å²) >= 11 is 7.81. The lowest BCUT2D eigenvalue weighted by Crippen LogP contribution is -2.48. The van der Waals surface area contributed by atoms with Gasteiger partial charge >= 0.3 is 0 Å². The maximum atomic E-state index is 13.3. The van der Waals surface area contributed by atoms with Crippen LogP contribution in [0.3, 0.4) is 0 Å². The van der Waals surface area contributed by atoms with Crippen molar-refractivity contribution in [3.63, 3.8) is 0 Å². The number of hydrogen-bond acceptors (Lipinski definition) is 5. The topological polar surface area (TPSA) is 79.4 Å². The molecule has 1 aromatic carbocycles. The van der Waals surface area contributed by atoms with Crippen LogP contribution in [0.25, 0.3) is 10.9 Å². The smallest absolute Gasteiger partial charge is 0.247 e. The summed E-state index contributed by atoms with van der Waals surface area (Å²) in [5, 5.41) is 4.18. The number of likely N-dealkylation sites (tertiary alicyclic amines) is 1. The minimum atomic E-state index is -0.833. The molecule has 4 rings (SSSR count). The van der Waals surface area contributed by atoms with E-state index in [2.05, 4.69) is 10.3 Å². The molecule has 1 aromatic heterocycles. The van der Waals surface area contributed by atoms with Gasteiger partial charge in [0, 0.05) is 16.6 Å². The van der Waals surface area contributed by atoms with E-state index in [9.17, 15) is 14.4 Å². The predicted molar refractivity (Wildman–Crippen MR) is 119 cm³/mol. The second kappa shape index (κ2) is 8.94. The summed E-state index contributed by atoms with van der Waals surface area (Å²) < 4.78 is 0. The van der Waals surface area contributed by atoms with Crippen molar-refractivity contribution in [1.82, 2.24) is 9.88 Å². The average molecular weight is 446 g/mol. The highest BCUT2D eigenvalue weighted by molar-refractivity contribution is 7.98. The molecule has 0 spiro atoms. The minimum Gasteiger partial charge on any atom is -0.322 e. The van der Waals surface area contributed by atoms with E-state index >= 15 is 0 Å². The second-order valence-electron chi connectivity index (χ2n) is 7.86. The van der Waals surface area contributed by atoms with Crippen molar-refractivity contribution in [3.8, 4) is 0 Å². The van der Waals surface area contributed by atoms with Gasteiger partial charge in [-0.25, -0.2) is 0 Å². The maximum absolute atomic E-state index is 13.3. The lowest BCUT2D eigenvalue weighted by atomic mass is 9.81. The van der Waals surface area contributed by atoms with Crippen molar-refractivity contribution in [1.29, 1.82) is 0 Å². The number of rotatable bonds is 6. The van der Waals surface area contributed by atoms with Gasteiger partial charge in [-0.3, -0.25) is 24.3 Å². The summed E-state index contributed by atoms with van der Waals surface area (Å²) in [4.78, 5) is 45.0. The van der Waals surface area contributed by atoms with Crippen molar-refractivity contribution in [2.75, 3.05) is 17.3 Å². The van der Waals surface area contributed by atoms with Crippen LogP contribution in [0, 0.1) is 11.8 Å². The second-order valence-corrected chi connectivity index (χ2v) is 9.28. The van der Waals surface area contributed by atoms with Crippen LogP contribution >= 0.6 is 23.4 Å². The van der Waals surface area contributed by atoms with Crippen LogP contribution in [0.1, 0.15) is 32.1 Å². The van der Waals surface area contributed by atoms with Crippen molar-refractivity contribution >= 4 is 57.7 Å². The Kier molecular flexibility index (Phi) is 6.29. The Morgan fingerprint density at radius 2 is 1.97 bits per heavy atom. The number of nitrogens with zero attached hydrogens (tertiary/aromatic N) is 2. The fourth-order valence-electron chi connectivity index (χ4n) is 4.57. The number of carbonyl (C=O) groups excluding carboxylic acids is 3. The molecule has 30 heavy (non-hydrogen) atoms. The quantitative estimate of drug-likeness (QED) is 0.676. The fraction of sp³-hybridized carbons (Fsp3) is 0.455. The van der Waals surface area contributed by atoms with Gasteiger partial charge in [0.1, 0.15) is 6.04 Å². The number of fused-ring (bicyclic) bond motifs is 2. The molecule has 2 heterocycles. The molecule has 3 unspecified atom stereocenters. The van der Waals surface area contributed by atoms with E-state index in [-0.39, 0.29) is 29.6 Å². The Morgan fingerprint density at radius 1 is 1.27 bits per heavy atom. The summed E-state index contributed by atoms with van der Waals surface area (Å²) in [6, 6.07) is 6.26. The molecule has 1 saturated carbocycles. The molecule has 1 aliphatic heterocycles. The van der Waals surface area contributed by atoms with Gasteiger partial charge in [-0.05, 0) is 49.5 Å². The average Bonchev–Trinajstić information content (AvgIpc) is 2.99. The van der Waals surface area contributed by atoms with Gasteiger partial charge in [0.2, 0.25) is 17.7 Å². The van der Waals surface area contributed by atoms with E-state index < -0.39 is 6.04 Å². The standard InChI is InChI=1S/C22H24ClN3O3S/c1-30-10-8-18(26-21(28)15-6-2-3-7-16(15)22(26)29)20(27)25-17-12-14(23)11-13-5-4-9-24-19(13)17/h4-5,9,11-12,15-16,18H,2-3,6-8,10H2,1H3,(H,25,27). The number of hydrogen-bond donors (Lipinski definition) is 1. The molecule has 1 N–H and O–H groups in total. The molecule has 8 heteroatoms. The number of nitrogens with one attached hydrogen (secondary N) is 1. The molecular formula is C22H24ClN3O3S. The van der Waals surface area contributed by atoms with Crippen molar-refractivity contribution in [2.45, 2.75) is 38.1 Å². The summed E-state index contributed by atoms with van der Waals surface area (Å²) in [5.41, 5.74) is 1.10. The normalized spacial score (nSPS) is 22.3. The Morgan fingerprint density at radius 3 is 2.63 bits per heavy atom. The van der Waals surface area contributed by atoms with E-state index in [0.717, 1.165) is 31.1 Å². The Balaban J connectivity index is 1.64. The molecule has 6 nitrogen and oxygen atoms in total. The number of pyridine rings is 1. The van der Waals surface area contributed by atoms with Crippen LogP contribution in [0.15, 0.2) is 30.5 Å². The number of imide groups is 1. The summed E-state index contributed by atoms with van der Waals surface area (Å²) in [5.74, 6) is -0.647. The first kappa shape index (κ1) is 21.1. The largest absolute Gasteiger partial charge is 0.322 e. The zero-order valence-electron chi connectivity index (χ0n) is 16.8. The number of anilines is 1. The van der Waals surface area contributed by atoms with E-state index in [0.29, 0.717) is 28.4 Å². The highest BCUT2D eigenvalue weighted by atomic mass is 35.5. The van der Waals surface area contributed by atoms with Gasteiger partial charge in [-0.1, -0.05) is 30.5 Å². The number of carbonyl (C=O) groups is 3. The molecule has 0 radical (unpaired) electrons. The third-order valence-corrected chi connectivity index (χ3v) is 6.87. The van der Waals surface area contributed by atoms with Gasteiger partial charge < -0.3 is 5.32 Å². The lowest BCUT2D eigenvalue weighted by molar-refractivity contribution is -0.146. The third kappa shape index (κ3) is 3.93.